The van der Waals surface area contributed by atoms with E-state index in [0.717, 1.165) is 4.47 Å². The summed E-state index contributed by atoms with van der Waals surface area (Å²) in [6.45, 7) is 3.89. The Morgan fingerprint density at radius 3 is 2.17 bits per heavy atom. The summed E-state index contributed by atoms with van der Waals surface area (Å²) in [6.07, 6.45) is -1.61. The van der Waals surface area contributed by atoms with Gasteiger partial charge in [-0.2, -0.15) is 0 Å². The number of alkyl halides is 1. The summed E-state index contributed by atoms with van der Waals surface area (Å²) in [4.78, 5) is 0. The normalized spacial score (nSPS) is 13.6. The van der Waals surface area contributed by atoms with Crippen LogP contribution in [0, 0.1) is 0 Å². The van der Waals surface area contributed by atoms with Gasteiger partial charge in [-0.1, -0.05) is 28.1 Å². The van der Waals surface area contributed by atoms with Gasteiger partial charge >= 0.3 is 7.60 Å². The van der Waals surface area contributed by atoms with Crippen LogP contribution in [0.4, 0.5) is 4.39 Å². The molecule has 0 aliphatic heterocycles. The topological polar surface area (TPSA) is 35.5 Å². The van der Waals surface area contributed by atoms with E-state index in [1.54, 1.807) is 38.1 Å². The van der Waals surface area contributed by atoms with Gasteiger partial charge < -0.3 is 9.05 Å². The first kappa shape index (κ1) is 15.8. The van der Waals surface area contributed by atoms with Crippen molar-refractivity contribution in [3.63, 3.8) is 0 Å². The first-order valence-electron chi connectivity index (χ1n) is 5.78. The highest BCUT2D eigenvalue weighted by atomic mass is 79.9. The number of hydrogen-bond donors (Lipinski definition) is 0. The number of hydrogen-bond acceptors (Lipinski definition) is 3. The molecule has 1 rings (SSSR count). The van der Waals surface area contributed by atoms with E-state index in [1.165, 1.54) is 0 Å². The highest BCUT2D eigenvalue weighted by Crippen LogP contribution is 2.51. The van der Waals surface area contributed by atoms with Gasteiger partial charge in [0.2, 0.25) is 0 Å². The Hall–Kier alpha value is -0.220. The molecule has 0 saturated carbocycles. The van der Waals surface area contributed by atoms with E-state index in [-0.39, 0.29) is 19.4 Å². The maximum absolute atomic E-state index is 14.1. The molecule has 1 aromatic rings. The number of halogens is 2. The van der Waals surface area contributed by atoms with Crippen molar-refractivity contribution in [2.45, 2.75) is 20.0 Å². The van der Waals surface area contributed by atoms with Gasteiger partial charge in [0, 0.05) is 4.47 Å². The molecule has 0 saturated heterocycles. The second kappa shape index (κ2) is 7.39. The molecule has 0 spiro atoms. The van der Waals surface area contributed by atoms with Gasteiger partial charge in [-0.15, -0.1) is 0 Å². The maximum atomic E-state index is 14.1. The van der Waals surface area contributed by atoms with Crippen molar-refractivity contribution in [3.05, 3.63) is 34.3 Å². The molecule has 0 N–H and O–H groups in total. The Labute approximate surface area is 115 Å². The van der Waals surface area contributed by atoms with Crippen LogP contribution in [0.15, 0.2) is 28.7 Å². The molecule has 18 heavy (non-hydrogen) atoms. The van der Waals surface area contributed by atoms with Crippen molar-refractivity contribution in [3.8, 4) is 0 Å². The molecule has 1 aromatic carbocycles. The van der Waals surface area contributed by atoms with Crippen LogP contribution in [-0.4, -0.2) is 19.4 Å². The molecule has 0 aliphatic rings. The lowest BCUT2D eigenvalue weighted by atomic mass is 10.1. The van der Waals surface area contributed by atoms with Gasteiger partial charge in [-0.3, -0.25) is 4.57 Å². The van der Waals surface area contributed by atoms with Crippen LogP contribution in [0.3, 0.4) is 0 Å². The van der Waals surface area contributed by atoms with Crippen LogP contribution in [0.1, 0.15) is 25.6 Å². The number of rotatable bonds is 7. The molecule has 3 nitrogen and oxygen atoms in total. The third-order valence-corrected chi connectivity index (χ3v) is 4.87. The largest absolute Gasteiger partial charge is 0.333 e. The molecule has 0 unspecified atom stereocenters. The van der Waals surface area contributed by atoms with Crippen LogP contribution >= 0.6 is 23.5 Å². The summed E-state index contributed by atoms with van der Waals surface area (Å²) in [5.41, 5.74) is 0.470. The van der Waals surface area contributed by atoms with Crippen LogP contribution in [0.5, 0.6) is 0 Å². The van der Waals surface area contributed by atoms with E-state index in [1.807, 2.05) is 0 Å². The highest BCUT2D eigenvalue weighted by Gasteiger charge is 2.29. The molecule has 0 heterocycles. The Morgan fingerprint density at radius 1 is 1.22 bits per heavy atom. The van der Waals surface area contributed by atoms with Gasteiger partial charge in [0.05, 0.1) is 19.4 Å². The summed E-state index contributed by atoms with van der Waals surface area (Å²) in [6, 6.07) is 6.79. The van der Waals surface area contributed by atoms with Gasteiger partial charge in [-0.05, 0) is 31.5 Å². The fourth-order valence-corrected chi connectivity index (χ4v) is 3.45. The molecule has 0 aliphatic carbocycles. The molecule has 0 fully saturated rings. The SMILES string of the molecule is CCOP(=O)(C[C@@H](F)c1ccc(Br)cc1)OCC. The maximum Gasteiger partial charge on any atom is 0.333 e. The van der Waals surface area contributed by atoms with E-state index < -0.39 is 13.8 Å². The van der Waals surface area contributed by atoms with Gasteiger partial charge in [0.25, 0.3) is 0 Å². The minimum Gasteiger partial charge on any atom is -0.309 e. The smallest absolute Gasteiger partial charge is 0.309 e. The number of benzene rings is 1. The Bertz CT molecular complexity index is 400. The fraction of sp³-hybridized carbons (Fsp3) is 0.500. The second-order valence-electron chi connectivity index (χ2n) is 3.65. The lowest BCUT2D eigenvalue weighted by Gasteiger charge is -2.19. The lowest BCUT2D eigenvalue weighted by Crippen LogP contribution is -2.05. The molecule has 0 amide bonds. The zero-order valence-corrected chi connectivity index (χ0v) is 12.9. The van der Waals surface area contributed by atoms with E-state index in [9.17, 15) is 8.96 Å². The molecule has 6 heteroatoms. The molecule has 0 radical (unpaired) electrons. The van der Waals surface area contributed by atoms with Crippen molar-refractivity contribution in [2.24, 2.45) is 0 Å². The van der Waals surface area contributed by atoms with Crippen LogP contribution in [0.25, 0.3) is 0 Å². The molecular weight excluding hydrogens is 322 g/mol. The second-order valence-corrected chi connectivity index (χ2v) is 6.67. The Balaban J connectivity index is 2.74. The summed E-state index contributed by atoms with van der Waals surface area (Å²) in [5, 5.41) is 0. The van der Waals surface area contributed by atoms with Gasteiger partial charge in [0.1, 0.15) is 6.17 Å². The zero-order valence-electron chi connectivity index (χ0n) is 10.4. The first-order chi connectivity index (χ1) is 8.50. The summed E-state index contributed by atoms with van der Waals surface area (Å²) in [7, 11) is -3.34. The van der Waals surface area contributed by atoms with Crippen molar-refractivity contribution >= 4 is 23.5 Å². The quantitative estimate of drug-likeness (QED) is 0.674. The molecule has 1 atom stereocenters. The van der Waals surface area contributed by atoms with Crippen LogP contribution in [-0.2, 0) is 13.6 Å². The van der Waals surface area contributed by atoms with E-state index in [0.29, 0.717) is 5.56 Å². The minimum atomic E-state index is -3.34. The molecule has 0 aromatic heterocycles. The molecule has 102 valence electrons. The van der Waals surface area contributed by atoms with Crippen LogP contribution < -0.4 is 0 Å². The van der Waals surface area contributed by atoms with Crippen LogP contribution in [0.2, 0.25) is 0 Å². The van der Waals surface area contributed by atoms with Crippen molar-refractivity contribution in [1.82, 2.24) is 0 Å². The predicted molar refractivity (Wildman–Crippen MR) is 73.7 cm³/mol. The van der Waals surface area contributed by atoms with Crippen molar-refractivity contribution in [2.75, 3.05) is 19.4 Å². The minimum absolute atomic E-state index is 0.240. The summed E-state index contributed by atoms with van der Waals surface area (Å²) >= 11 is 3.28. The average molecular weight is 339 g/mol. The fourth-order valence-electron chi connectivity index (χ4n) is 1.51. The Morgan fingerprint density at radius 2 is 1.72 bits per heavy atom. The summed E-state index contributed by atoms with van der Waals surface area (Å²) in [5.74, 6) is 0. The van der Waals surface area contributed by atoms with E-state index >= 15 is 0 Å². The first-order valence-corrected chi connectivity index (χ1v) is 8.30. The van der Waals surface area contributed by atoms with Crippen molar-refractivity contribution < 1.29 is 18.0 Å². The highest BCUT2D eigenvalue weighted by molar-refractivity contribution is 9.10. The molecular formula is C12H17BrFO3P. The van der Waals surface area contributed by atoms with E-state index in [4.69, 9.17) is 9.05 Å². The third-order valence-electron chi connectivity index (χ3n) is 2.27. The van der Waals surface area contributed by atoms with Crippen molar-refractivity contribution in [1.29, 1.82) is 0 Å². The molecule has 0 bridgehead atoms. The monoisotopic (exact) mass is 338 g/mol. The van der Waals surface area contributed by atoms with Gasteiger partial charge in [-0.25, -0.2) is 4.39 Å². The lowest BCUT2D eigenvalue weighted by molar-refractivity contribution is 0.210. The average Bonchev–Trinajstić information content (AvgIpc) is 2.30. The van der Waals surface area contributed by atoms with E-state index in [2.05, 4.69) is 15.9 Å². The standard InChI is InChI=1S/C12H17BrFO3P/c1-3-16-18(15,17-4-2)9-12(14)10-5-7-11(13)8-6-10/h5-8,12H,3-4,9H2,1-2H3/t12-/m1/s1. The Kier molecular flexibility index (Phi) is 6.50. The van der Waals surface area contributed by atoms with Gasteiger partial charge in [0.15, 0.2) is 0 Å². The summed E-state index contributed by atoms with van der Waals surface area (Å²) < 4.78 is 37.2. The third kappa shape index (κ3) is 4.81. The predicted octanol–water partition coefficient (Wildman–Crippen LogP) is 4.73. The zero-order chi connectivity index (χ0) is 13.6.